The van der Waals surface area contributed by atoms with Crippen molar-refractivity contribution in [3.8, 4) is 5.75 Å². The number of β-lactam (4-membered cyclic amide) rings is 1. The Morgan fingerprint density at radius 2 is 1.71 bits per heavy atom. The minimum atomic E-state index is -0.770. The average Bonchev–Trinajstić information content (AvgIpc) is 2.73. The second kappa shape index (κ2) is 7.66. The number of likely N-dealkylation sites (tertiary alicyclic amines) is 1. The lowest BCUT2D eigenvalue weighted by Gasteiger charge is -2.54. The third kappa shape index (κ3) is 3.26. The van der Waals surface area contributed by atoms with E-state index in [9.17, 15) is 9.59 Å². The Labute approximate surface area is 165 Å². The van der Waals surface area contributed by atoms with Crippen molar-refractivity contribution in [2.75, 3.05) is 12.4 Å². The van der Waals surface area contributed by atoms with Crippen LogP contribution in [0.1, 0.15) is 50.1 Å². The highest BCUT2D eigenvalue weighted by Crippen LogP contribution is 2.46. The summed E-state index contributed by atoms with van der Waals surface area (Å²) in [7, 11) is 1.61. The summed E-state index contributed by atoms with van der Waals surface area (Å²) in [6.45, 7) is 0. The number of anilines is 1. The third-order valence-electron chi connectivity index (χ3n) is 6.05. The highest BCUT2D eigenvalue weighted by Gasteiger charge is 2.54. The summed E-state index contributed by atoms with van der Waals surface area (Å²) < 4.78 is 5.19. The predicted molar refractivity (Wildman–Crippen MR) is 108 cm³/mol. The molecule has 1 saturated heterocycles. The van der Waals surface area contributed by atoms with Crippen LogP contribution >= 0.6 is 0 Å². The van der Waals surface area contributed by atoms with E-state index in [1.165, 1.54) is 0 Å². The maximum absolute atomic E-state index is 13.5. The average molecular weight is 378 g/mol. The number of amides is 2. The normalized spacial score (nSPS) is 21.0. The molecule has 1 aliphatic carbocycles. The molecule has 1 atom stereocenters. The predicted octanol–water partition coefficient (Wildman–Crippen LogP) is 4.31. The number of carbonyl (C=O) groups is 2. The van der Waals surface area contributed by atoms with E-state index in [0.29, 0.717) is 19.3 Å². The molecule has 146 valence electrons. The maximum Gasteiger partial charge on any atom is 0.250 e. The largest absolute Gasteiger partial charge is 0.497 e. The molecule has 0 bridgehead atoms. The zero-order valence-corrected chi connectivity index (χ0v) is 16.2. The molecule has 1 N–H and O–H groups in total. The van der Waals surface area contributed by atoms with E-state index in [1.54, 1.807) is 7.11 Å². The van der Waals surface area contributed by atoms with Crippen LogP contribution in [0.5, 0.6) is 5.75 Å². The van der Waals surface area contributed by atoms with Crippen molar-refractivity contribution in [1.29, 1.82) is 0 Å². The fourth-order valence-corrected chi connectivity index (χ4v) is 4.53. The summed E-state index contributed by atoms with van der Waals surface area (Å²) in [5, 5.41) is 3.06. The second-order valence-corrected chi connectivity index (χ2v) is 7.67. The number of ether oxygens (including phenoxy) is 1. The van der Waals surface area contributed by atoms with Gasteiger partial charge in [-0.2, -0.15) is 0 Å². The second-order valence-electron chi connectivity index (χ2n) is 7.67. The summed E-state index contributed by atoms with van der Waals surface area (Å²) in [6.07, 6.45) is 4.92. The third-order valence-corrected chi connectivity index (χ3v) is 6.05. The molecule has 5 heteroatoms. The van der Waals surface area contributed by atoms with Gasteiger partial charge in [0, 0.05) is 5.69 Å². The molecule has 2 aromatic rings. The highest BCUT2D eigenvalue weighted by atomic mass is 16.5. The molecule has 28 heavy (non-hydrogen) atoms. The Kier molecular flexibility index (Phi) is 5.07. The fourth-order valence-electron chi connectivity index (χ4n) is 4.53. The molecule has 5 nitrogen and oxygen atoms in total. The lowest BCUT2D eigenvalue weighted by Crippen LogP contribution is -2.65. The Morgan fingerprint density at radius 1 is 1.04 bits per heavy atom. The van der Waals surface area contributed by atoms with Gasteiger partial charge in [0.25, 0.3) is 0 Å². The lowest BCUT2D eigenvalue weighted by atomic mass is 9.75. The minimum Gasteiger partial charge on any atom is -0.497 e. The summed E-state index contributed by atoms with van der Waals surface area (Å²) >= 11 is 0. The number of benzene rings is 2. The van der Waals surface area contributed by atoms with Crippen molar-refractivity contribution in [1.82, 2.24) is 4.90 Å². The van der Waals surface area contributed by atoms with Gasteiger partial charge in [-0.1, -0.05) is 49.6 Å². The zero-order valence-electron chi connectivity index (χ0n) is 16.2. The number of hydrogen-bond acceptors (Lipinski definition) is 3. The molecule has 4 rings (SSSR count). The molecule has 2 aromatic carbocycles. The van der Waals surface area contributed by atoms with E-state index >= 15 is 0 Å². The summed E-state index contributed by atoms with van der Waals surface area (Å²) in [4.78, 5) is 28.0. The molecular formula is C23H26N2O3. The first-order chi connectivity index (χ1) is 13.6. The Balaban J connectivity index is 1.62. The molecule has 0 aromatic heterocycles. The molecule has 2 amide bonds. The number of rotatable bonds is 5. The summed E-state index contributed by atoms with van der Waals surface area (Å²) in [5.74, 6) is 0.736. The van der Waals surface area contributed by atoms with E-state index in [0.717, 1.165) is 36.3 Å². The lowest BCUT2D eigenvalue weighted by molar-refractivity contribution is -0.166. The first-order valence-electron chi connectivity index (χ1n) is 9.97. The van der Waals surface area contributed by atoms with Gasteiger partial charge in [-0.15, -0.1) is 0 Å². The van der Waals surface area contributed by atoms with Crippen LogP contribution in [0.15, 0.2) is 54.6 Å². The van der Waals surface area contributed by atoms with E-state index in [1.807, 2.05) is 59.5 Å². The van der Waals surface area contributed by atoms with Crippen LogP contribution in [0.4, 0.5) is 5.69 Å². The molecule has 1 unspecified atom stereocenters. The SMILES string of the molecule is COc1ccc(NC(=O)C2(N3C(=O)CC3c3ccccc3)CCCCC2)cc1. The van der Waals surface area contributed by atoms with Crippen molar-refractivity contribution in [3.05, 3.63) is 60.2 Å². The van der Waals surface area contributed by atoms with Crippen LogP contribution in [0.2, 0.25) is 0 Å². The van der Waals surface area contributed by atoms with Gasteiger partial charge in [-0.3, -0.25) is 9.59 Å². The Hall–Kier alpha value is -2.82. The van der Waals surface area contributed by atoms with Gasteiger partial charge in [0.1, 0.15) is 11.3 Å². The number of hydrogen-bond donors (Lipinski definition) is 1. The topological polar surface area (TPSA) is 58.6 Å². The van der Waals surface area contributed by atoms with Gasteiger partial charge < -0.3 is 15.0 Å². The quantitative estimate of drug-likeness (QED) is 0.789. The van der Waals surface area contributed by atoms with Crippen LogP contribution in [-0.4, -0.2) is 29.4 Å². The van der Waals surface area contributed by atoms with Gasteiger partial charge in [0.05, 0.1) is 19.6 Å². The van der Waals surface area contributed by atoms with Gasteiger partial charge >= 0.3 is 0 Å². The summed E-state index contributed by atoms with van der Waals surface area (Å²) in [5.41, 5.74) is 1.05. The monoisotopic (exact) mass is 378 g/mol. The van der Waals surface area contributed by atoms with Gasteiger partial charge in [0.2, 0.25) is 11.8 Å². The molecule has 2 aliphatic rings. The molecular weight excluding hydrogens is 352 g/mol. The van der Waals surface area contributed by atoms with Crippen molar-refractivity contribution in [3.63, 3.8) is 0 Å². The number of methoxy groups -OCH3 is 1. The Bertz CT molecular complexity index is 842. The minimum absolute atomic E-state index is 0.0200. The van der Waals surface area contributed by atoms with Crippen LogP contribution < -0.4 is 10.1 Å². The maximum atomic E-state index is 13.5. The number of nitrogens with one attached hydrogen (secondary N) is 1. The van der Waals surface area contributed by atoms with E-state index < -0.39 is 5.54 Å². The molecule has 2 fully saturated rings. The van der Waals surface area contributed by atoms with Crippen LogP contribution in [0.25, 0.3) is 0 Å². The van der Waals surface area contributed by atoms with E-state index in [2.05, 4.69) is 5.32 Å². The highest BCUT2D eigenvalue weighted by molar-refractivity contribution is 6.02. The van der Waals surface area contributed by atoms with Crippen molar-refractivity contribution < 1.29 is 14.3 Å². The van der Waals surface area contributed by atoms with Gasteiger partial charge in [0.15, 0.2) is 0 Å². The van der Waals surface area contributed by atoms with Crippen LogP contribution in [-0.2, 0) is 9.59 Å². The van der Waals surface area contributed by atoms with Crippen molar-refractivity contribution >= 4 is 17.5 Å². The standard InChI is InChI=1S/C23H26N2O3/c1-28-19-12-10-18(11-13-19)24-22(27)23(14-6-3-7-15-23)25-20(16-21(25)26)17-8-4-2-5-9-17/h2,4-5,8-13,20H,3,6-7,14-16H2,1H3,(H,24,27). The Morgan fingerprint density at radius 3 is 2.32 bits per heavy atom. The van der Waals surface area contributed by atoms with Gasteiger partial charge in [-0.25, -0.2) is 0 Å². The molecule has 0 radical (unpaired) electrons. The number of nitrogens with zero attached hydrogens (tertiary/aromatic N) is 1. The molecule has 1 aliphatic heterocycles. The van der Waals surface area contributed by atoms with Crippen LogP contribution in [0.3, 0.4) is 0 Å². The smallest absolute Gasteiger partial charge is 0.250 e. The zero-order chi connectivity index (χ0) is 19.6. The number of carbonyl (C=O) groups excluding carboxylic acids is 2. The van der Waals surface area contributed by atoms with Crippen molar-refractivity contribution in [2.24, 2.45) is 0 Å². The molecule has 0 spiro atoms. The van der Waals surface area contributed by atoms with Gasteiger partial charge in [-0.05, 0) is 42.7 Å². The summed E-state index contributed by atoms with van der Waals surface area (Å²) in [6, 6.07) is 17.3. The fraction of sp³-hybridized carbons (Fsp3) is 0.391. The first kappa shape index (κ1) is 18.5. The van der Waals surface area contributed by atoms with E-state index in [4.69, 9.17) is 4.74 Å². The van der Waals surface area contributed by atoms with E-state index in [-0.39, 0.29) is 17.9 Å². The molecule has 1 saturated carbocycles. The molecule has 1 heterocycles. The first-order valence-corrected chi connectivity index (χ1v) is 9.97. The van der Waals surface area contributed by atoms with Crippen molar-refractivity contribution in [2.45, 2.75) is 50.1 Å². The van der Waals surface area contributed by atoms with Crippen LogP contribution in [0, 0.1) is 0 Å².